The fourth-order valence-electron chi connectivity index (χ4n) is 1.49. The summed E-state index contributed by atoms with van der Waals surface area (Å²) in [4.78, 5) is 16.3. The summed E-state index contributed by atoms with van der Waals surface area (Å²) in [5, 5.41) is 3.48. The molecule has 1 amide bonds. The lowest BCUT2D eigenvalue weighted by atomic mass is 10.3. The average molecular weight is 326 g/mol. The molecule has 0 aliphatic carbocycles. The van der Waals surface area contributed by atoms with Crippen LogP contribution in [0.4, 0.5) is 14.5 Å². The third kappa shape index (κ3) is 5.73. The van der Waals surface area contributed by atoms with Crippen molar-refractivity contribution in [2.45, 2.75) is 15.7 Å². The quantitative estimate of drug-likeness (QED) is 0.811. The van der Waals surface area contributed by atoms with Gasteiger partial charge in [-0.3, -0.25) is 4.79 Å². The van der Waals surface area contributed by atoms with Crippen LogP contribution in [0.25, 0.3) is 0 Å². The third-order valence-corrected chi connectivity index (χ3v) is 4.02. The first-order valence-electron chi connectivity index (χ1n) is 6.02. The molecular formula is C14H12F2N2OS2. The summed E-state index contributed by atoms with van der Waals surface area (Å²) in [6, 6.07) is 11.8. The van der Waals surface area contributed by atoms with E-state index in [2.05, 4.69) is 10.3 Å². The molecule has 110 valence electrons. The number of carbonyl (C=O) groups excluding carboxylic acids is 1. The molecule has 1 aromatic heterocycles. The highest BCUT2D eigenvalue weighted by molar-refractivity contribution is 8.00. The standard InChI is InChI=1S/C14H12F2N2OS2/c15-14(16)21-11-6-4-10(5-7-11)18-12(19)9-20-13-3-1-2-8-17-13/h1-8,14H,9H2,(H,18,19). The Bertz CT molecular complexity index is 579. The molecule has 0 radical (unpaired) electrons. The van der Waals surface area contributed by atoms with Crippen LogP contribution in [0, 0.1) is 0 Å². The predicted molar refractivity (Wildman–Crippen MR) is 81.9 cm³/mol. The van der Waals surface area contributed by atoms with Gasteiger partial charge in [0.15, 0.2) is 0 Å². The maximum Gasteiger partial charge on any atom is 0.288 e. The number of nitrogens with zero attached hydrogens (tertiary/aromatic N) is 1. The maximum atomic E-state index is 12.2. The van der Waals surface area contributed by atoms with Gasteiger partial charge >= 0.3 is 0 Å². The van der Waals surface area contributed by atoms with E-state index >= 15 is 0 Å². The van der Waals surface area contributed by atoms with Crippen molar-refractivity contribution >= 4 is 35.1 Å². The number of benzene rings is 1. The summed E-state index contributed by atoms with van der Waals surface area (Å²) >= 11 is 1.81. The van der Waals surface area contributed by atoms with Gasteiger partial charge in [-0.1, -0.05) is 29.6 Å². The minimum Gasteiger partial charge on any atom is -0.325 e. The van der Waals surface area contributed by atoms with E-state index < -0.39 is 5.76 Å². The Morgan fingerprint density at radius 3 is 2.57 bits per heavy atom. The van der Waals surface area contributed by atoms with Crippen LogP contribution in [0.1, 0.15) is 0 Å². The van der Waals surface area contributed by atoms with Crippen LogP contribution < -0.4 is 5.32 Å². The molecule has 1 aromatic carbocycles. The van der Waals surface area contributed by atoms with Crippen molar-refractivity contribution in [3.8, 4) is 0 Å². The second-order valence-electron chi connectivity index (χ2n) is 3.91. The highest BCUT2D eigenvalue weighted by Gasteiger charge is 2.07. The fourth-order valence-corrected chi connectivity index (χ4v) is 2.65. The van der Waals surface area contributed by atoms with Crippen molar-refractivity contribution in [1.82, 2.24) is 4.98 Å². The number of hydrogen-bond acceptors (Lipinski definition) is 4. The molecule has 0 spiro atoms. The van der Waals surface area contributed by atoms with E-state index in [0.717, 1.165) is 5.03 Å². The summed E-state index contributed by atoms with van der Waals surface area (Å²) < 4.78 is 24.4. The van der Waals surface area contributed by atoms with Gasteiger partial charge in [-0.25, -0.2) is 4.98 Å². The summed E-state index contributed by atoms with van der Waals surface area (Å²) in [5.41, 5.74) is 0.584. The molecule has 0 bridgehead atoms. The van der Waals surface area contributed by atoms with Gasteiger partial charge in [0.05, 0.1) is 10.8 Å². The number of amides is 1. The number of nitrogens with one attached hydrogen (secondary N) is 1. The summed E-state index contributed by atoms with van der Waals surface area (Å²) in [6.07, 6.45) is 1.67. The van der Waals surface area contributed by atoms with Crippen molar-refractivity contribution in [2.24, 2.45) is 0 Å². The van der Waals surface area contributed by atoms with Crippen molar-refractivity contribution in [2.75, 3.05) is 11.1 Å². The van der Waals surface area contributed by atoms with Gasteiger partial charge in [0.25, 0.3) is 5.76 Å². The van der Waals surface area contributed by atoms with Gasteiger partial charge in [-0.15, -0.1) is 0 Å². The zero-order valence-corrected chi connectivity index (χ0v) is 12.5. The Kier molecular flexibility index (Phi) is 6.01. The molecule has 2 aromatic rings. The molecular weight excluding hydrogens is 314 g/mol. The molecule has 1 heterocycles. The van der Waals surface area contributed by atoms with Crippen molar-refractivity contribution in [3.63, 3.8) is 0 Å². The molecule has 0 aliphatic heterocycles. The number of anilines is 1. The third-order valence-electron chi connectivity index (χ3n) is 2.35. The minimum absolute atomic E-state index is 0.167. The Morgan fingerprint density at radius 1 is 1.19 bits per heavy atom. The van der Waals surface area contributed by atoms with Gasteiger partial charge in [-0.05, 0) is 36.4 Å². The number of carbonyl (C=O) groups is 1. The van der Waals surface area contributed by atoms with Crippen LogP contribution >= 0.6 is 23.5 Å². The highest BCUT2D eigenvalue weighted by Crippen LogP contribution is 2.26. The Balaban J connectivity index is 1.82. The van der Waals surface area contributed by atoms with Gasteiger partial charge in [0.1, 0.15) is 0 Å². The lowest BCUT2D eigenvalue weighted by molar-refractivity contribution is -0.113. The minimum atomic E-state index is -2.44. The van der Waals surface area contributed by atoms with Crippen molar-refractivity contribution in [1.29, 1.82) is 0 Å². The molecule has 0 unspecified atom stereocenters. The van der Waals surface area contributed by atoms with Crippen LogP contribution in [0.5, 0.6) is 0 Å². The zero-order valence-electron chi connectivity index (χ0n) is 10.8. The molecule has 0 saturated heterocycles. The number of pyridine rings is 1. The van der Waals surface area contributed by atoms with Crippen molar-refractivity contribution in [3.05, 3.63) is 48.7 Å². The number of halogens is 2. The Hall–Kier alpha value is -1.60. The first kappa shape index (κ1) is 15.8. The van der Waals surface area contributed by atoms with Crippen LogP contribution in [0.2, 0.25) is 0 Å². The van der Waals surface area contributed by atoms with E-state index in [-0.39, 0.29) is 11.7 Å². The van der Waals surface area contributed by atoms with Crippen LogP contribution in [0.15, 0.2) is 58.6 Å². The maximum absolute atomic E-state index is 12.2. The van der Waals surface area contributed by atoms with E-state index in [1.54, 1.807) is 30.5 Å². The average Bonchev–Trinajstić information content (AvgIpc) is 2.48. The molecule has 2 rings (SSSR count). The summed E-state index contributed by atoms with van der Waals surface area (Å²) in [5.74, 6) is -2.37. The largest absolute Gasteiger partial charge is 0.325 e. The smallest absolute Gasteiger partial charge is 0.288 e. The van der Waals surface area contributed by atoms with E-state index in [1.165, 1.54) is 11.8 Å². The topological polar surface area (TPSA) is 42.0 Å². The second kappa shape index (κ2) is 7.99. The molecule has 1 N–H and O–H groups in total. The van der Waals surface area contributed by atoms with Gasteiger partial charge in [0, 0.05) is 16.8 Å². The molecule has 0 aliphatic rings. The number of aromatic nitrogens is 1. The highest BCUT2D eigenvalue weighted by atomic mass is 32.2. The molecule has 21 heavy (non-hydrogen) atoms. The molecule has 0 fully saturated rings. The first-order valence-corrected chi connectivity index (χ1v) is 7.88. The zero-order chi connectivity index (χ0) is 15.1. The molecule has 3 nitrogen and oxygen atoms in total. The SMILES string of the molecule is O=C(CSc1ccccn1)Nc1ccc(SC(F)F)cc1. The van der Waals surface area contributed by atoms with Crippen LogP contribution in [-0.2, 0) is 4.79 Å². The summed E-state index contributed by atoms with van der Waals surface area (Å²) in [6.45, 7) is 0. The lowest BCUT2D eigenvalue weighted by Gasteiger charge is -2.06. The fraction of sp³-hybridized carbons (Fsp3) is 0.143. The van der Waals surface area contributed by atoms with Gasteiger partial charge < -0.3 is 5.32 Å². The number of hydrogen-bond donors (Lipinski definition) is 1. The van der Waals surface area contributed by atoms with Crippen LogP contribution in [-0.4, -0.2) is 22.4 Å². The number of rotatable bonds is 6. The van der Waals surface area contributed by atoms with E-state index in [4.69, 9.17) is 0 Å². The lowest BCUT2D eigenvalue weighted by Crippen LogP contribution is -2.13. The van der Waals surface area contributed by atoms with E-state index in [1.807, 2.05) is 18.2 Å². The Labute approximate surface area is 129 Å². The van der Waals surface area contributed by atoms with Crippen LogP contribution in [0.3, 0.4) is 0 Å². The first-order chi connectivity index (χ1) is 10.1. The normalized spacial score (nSPS) is 10.6. The summed E-state index contributed by atoms with van der Waals surface area (Å²) in [7, 11) is 0. The van der Waals surface area contributed by atoms with Gasteiger partial charge in [0.2, 0.25) is 5.91 Å². The van der Waals surface area contributed by atoms with E-state index in [0.29, 0.717) is 22.3 Å². The number of alkyl halides is 2. The monoisotopic (exact) mass is 326 g/mol. The number of thioether (sulfide) groups is 2. The molecule has 0 saturated carbocycles. The molecule has 0 atom stereocenters. The predicted octanol–water partition coefficient (Wildman–Crippen LogP) is 4.13. The van der Waals surface area contributed by atoms with Crippen molar-refractivity contribution < 1.29 is 13.6 Å². The Morgan fingerprint density at radius 2 is 1.95 bits per heavy atom. The van der Waals surface area contributed by atoms with Gasteiger partial charge in [-0.2, -0.15) is 8.78 Å². The van der Waals surface area contributed by atoms with E-state index in [9.17, 15) is 13.6 Å². The second-order valence-corrected chi connectivity index (χ2v) is 5.97. The molecule has 7 heteroatoms.